The quantitative estimate of drug-likeness (QED) is 0.879. The van der Waals surface area contributed by atoms with Crippen molar-refractivity contribution in [2.45, 2.75) is 32.4 Å². The zero-order valence-electron chi connectivity index (χ0n) is 11.8. The van der Waals surface area contributed by atoms with E-state index in [1.54, 1.807) is 0 Å². The van der Waals surface area contributed by atoms with Crippen LogP contribution in [-0.4, -0.2) is 6.10 Å². The minimum absolute atomic E-state index is 0.0745. The van der Waals surface area contributed by atoms with Gasteiger partial charge in [0.2, 0.25) is 0 Å². The van der Waals surface area contributed by atoms with Gasteiger partial charge in [0.1, 0.15) is 11.9 Å². The minimum Gasteiger partial charge on any atom is -0.488 e. The highest BCUT2D eigenvalue weighted by Crippen LogP contribution is 2.27. The summed E-state index contributed by atoms with van der Waals surface area (Å²) in [6.07, 6.45) is 0.761. The second kappa shape index (κ2) is 6.78. The van der Waals surface area contributed by atoms with E-state index in [9.17, 15) is 0 Å². The fourth-order valence-electron chi connectivity index (χ4n) is 2.16. The average molecular weight is 290 g/mol. The summed E-state index contributed by atoms with van der Waals surface area (Å²) in [5, 5.41) is 0.675. The molecule has 0 spiro atoms. The van der Waals surface area contributed by atoms with E-state index in [1.165, 1.54) is 0 Å². The molecule has 0 amide bonds. The lowest BCUT2D eigenvalue weighted by Gasteiger charge is -2.25. The van der Waals surface area contributed by atoms with Crippen LogP contribution in [0, 0.1) is 6.92 Å². The van der Waals surface area contributed by atoms with E-state index in [1.807, 2.05) is 55.5 Å². The number of hydrogen-bond donors (Lipinski definition) is 1. The van der Waals surface area contributed by atoms with Gasteiger partial charge in [-0.1, -0.05) is 54.9 Å². The van der Waals surface area contributed by atoms with Gasteiger partial charge in [-0.2, -0.15) is 0 Å². The lowest BCUT2D eigenvalue weighted by molar-refractivity contribution is 0.165. The van der Waals surface area contributed by atoms with E-state index in [0.29, 0.717) is 5.02 Å². The highest BCUT2D eigenvalue weighted by molar-refractivity contribution is 6.30. The predicted octanol–water partition coefficient (Wildman–Crippen LogP) is 4.51. The fourth-order valence-corrected chi connectivity index (χ4v) is 2.33. The lowest BCUT2D eigenvalue weighted by atomic mass is 10.0. The molecule has 2 N–H and O–H groups in total. The summed E-state index contributed by atoms with van der Waals surface area (Å²) in [4.78, 5) is 0. The van der Waals surface area contributed by atoms with Crippen LogP contribution in [0.3, 0.4) is 0 Å². The van der Waals surface area contributed by atoms with E-state index < -0.39 is 0 Å². The molecule has 2 nitrogen and oxygen atoms in total. The van der Waals surface area contributed by atoms with E-state index in [-0.39, 0.29) is 12.1 Å². The first kappa shape index (κ1) is 14.9. The molecule has 2 unspecified atom stereocenters. The van der Waals surface area contributed by atoms with Crippen molar-refractivity contribution in [3.05, 3.63) is 64.7 Å². The van der Waals surface area contributed by atoms with Crippen LogP contribution in [0.5, 0.6) is 5.75 Å². The molecule has 0 bridgehead atoms. The number of aryl methyl sites for hydroxylation is 1. The van der Waals surface area contributed by atoms with E-state index in [2.05, 4.69) is 6.92 Å². The predicted molar refractivity (Wildman–Crippen MR) is 84.3 cm³/mol. The fraction of sp³-hybridized carbons (Fsp3) is 0.294. The van der Waals surface area contributed by atoms with Crippen molar-refractivity contribution in [1.82, 2.24) is 0 Å². The third-order valence-electron chi connectivity index (χ3n) is 3.42. The first-order chi connectivity index (χ1) is 9.61. The highest BCUT2D eigenvalue weighted by atomic mass is 35.5. The Morgan fingerprint density at radius 2 is 1.85 bits per heavy atom. The molecule has 0 saturated heterocycles. The molecule has 106 valence electrons. The topological polar surface area (TPSA) is 35.2 Å². The maximum absolute atomic E-state index is 6.33. The largest absolute Gasteiger partial charge is 0.488 e. The van der Waals surface area contributed by atoms with Crippen LogP contribution in [0.15, 0.2) is 48.5 Å². The Labute approximate surface area is 125 Å². The molecule has 0 saturated carbocycles. The van der Waals surface area contributed by atoms with Crippen LogP contribution in [0.25, 0.3) is 0 Å². The molecule has 2 rings (SSSR count). The highest BCUT2D eigenvalue weighted by Gasteiger charge is 2.20. The summed E-state index contributed by atoms with van der Waals surface area (Å²) in [7, 11) is 0. The summed E-state index contributed by atoms with van der Waals surface area (Å²) in [6, 6.07) is 15.5. The molecule has 0 radical (unpaired) electrons. The number of rotatable bonds is 5. The molecule has 0 heterocycles. The van der Waals surface area contributed by atoms with Gasteiger partial charge in [0.25, 0.3) is 0 Å². The van der Waals surface area contributed by atoms with Gasteiger partial charge in [0, 0.05) is 5.02 Å². The van der Waals surface area contributed by atoms with Gasteiger partial charge in [0.05, 0.1) is 6.04 Å². The standard InChI is InChI=1S/C17H20ClNO/c1-3-15(17(19)13-7-5-4-6-8-13)20-16-11-14(18)10-9-12(16)2/h4-11,15,17H,3,19H2,1-2H3. The number of benzene rings is 2. The Morgan fingerprint density at radius 3 is 2.50 bits per heavy atom. The third kappa shape index (κ3) is 3.53. The van der Waals surface area contributed by atoms with Crippen LogP contribution in [0.1, 0.15) is 30.5 Å². The number of nitrogens with two attached hydrogens (primary N) is 1. The van der Waals surface area contributed by atoms with Gasteiger partial charge in [-0.3, -0.25) is 0 Å². The maximum atomic E-state index is 6.33. The average Bonchev–Trinajstić information content (AvgIpc) is 2.48. The molecule has 2 aromatic carbocycles. The van der Waals surface area contributed by atoms with Crippen LogP contribution >= 0.6 is 11.6 Å². The molecule has 3 heteroatoms. The molecule has 20 heavy (non-hydrogen) atoms. The monoisotopic (exact) mass is 289 g/mol. The molecule has 0 aromatic heterocycles. The molecule has 0 aliphatic rings. The Kier molecular flexibility index (Phi) is 5.05. The molecular weight excluding hydrogens is 270 g/mol. The van der Waals surface area contributed by atoms with Crippen LogP contribution < -0.4 is 10.5 Å². The molecule has 0 aliphatic carbocycles. The number of ether oxygens (including phenoxy) is 1. The Hall–Kier alpha value is -1.51. The minimum atomic E-state index is -0.153. The van der Waals surface area contributed by atoms with Gasteiger partial charge in [0.15, 0.2) is 0 Å². The van der Waals surface area contributed by atoms with Crippen molar-refractivity contribution in [2.24, 2.45) is 5.73 Å². The second-order valence-electron chi connectivity index (χ2n) is 4.91. The summed E-state index contributed by atoms with van der Waals surface area (Å²) >= 11 is 6.03. The molecule has 2 atom stereocenters. The Morgan fingerprint density at radius 1 is 1.15 bits per heavy atom. The first-order valence-electron chi connectivity index (χ1n) is 6.85. The zero-order valence-corrected chi connectivity index (χ0v) is 12.6. The van der Waals surface area contributed by atoms with Crippen molar-refractivity contribution in [3.63, 3.8) is 0 Å². The molecular formula is C17H20ClNO. The van der Waals surface area contributed by atoms with Crippen molar-refractivity contribution in [2.75, 3.05) is 0 Å². The van der Waals surface area contributed by atoms with Gasteiger partial charge >= 0.3 is 0 Å². The zero-order chi connectivity index (χ0) is 14.5. The van der Waals surface area contributed by atoms with Crippen LogP contribution in [0.2, 0.25) is 5.02 Å². The number of hydrogen-bond acceptors (Lipinski definition) is 2. The Balaban J connectivity index is 2.18. The van der Waals surface area contributed by atoms with E-state index in [4.69, 9.17) is 22.1 Å². The number of halogens is 1. The maximum Gasteiger partial charge on any atom is 0.124 e. The SMILES string of the molecule is CCC(Oc1cc(Cl)ccc1C)C(N)c1ccccc1. The van der Waals surface area contributed by atoms with Gasteiger partial charge < -0.3 is 10.5 Å². The van der Waals surface area contributed by atoms with Gasteiger partial charge in [-0.25, -0.2) is 0 Å². The van der Waals surface area contributed by atoms with Crippen molar-refractivity contribution in [1.29, 1.82) is 0 Å². The third-order valence-corrected chi connectivity index (χ3v) is 3.65. The van der Waals surface area contributed by atoms with Crippen molar-refractivity contribution in [3.8, 4) is 5.75 Å². The molecule has 0 aliphatic heterocycles. The van der Waals surface area contributed by atoms with Crippen molar-refractivity contribution < 1.29 is 4.74 Å². The van der Waals surface area contributed by atoms with Crippen molar-refractivity contribution >= 4 is 11.6 Å². The van der Waals surface area contributed by atoms with Crippen LogP contribution in [0.4, 0.5) is 0 Å². The van der Waals surface area contributed by atoms with Crippen LogP contribution in [-0.2, 0) is 0 Å². The summed E-state index contributed by atoms with van der Waals surface area (Å²) in [5.41, 5.74) is 8.47. The summed E-state index contributed by atoms with van der Waals surface area (Å²) in [5.74, 6) is 0.802. The lowest BCUT2D eigenvalue weighted by Crippen LogP contribution is -2.31. The smallest absolute Gasteiger partial charge is 0.124 e. The molecule has 2 aromatic rings. The summed E-state index contributed by atoms with van der Waals surface area (Å²) in [6.45, 7) is 4.08. The Bertz CT molecular complexity index is 556. The summed E-state index contributed by atoms with van der Waals surface area (Å²) < 4.78 is 6.08. The molecule has 0 fully saturated rings. The van der Waals surface area contributed by atoms with E-state index in [0.717, 1.165) is 23.3 Å². The second-order valence-corrected chi connectivity index (χ2v) is 5.35. The van der Waals surface area contributed by atoms with Gasteiger partial charge in [-0.15, -0.1) is 0 Å². The van der Waals surface area contributed by atoms with Gasteiger partial charge in [-0.05, 0) is 36.6 Å². The normalized spacial score (nSPS) is 13.8. The van der Waals surface area contributed by atoms with E-state index >= 15 is 0 Å². The first-order valence-corrected chi connectivity index (χ1v) is 7.23.